The predicted octanol–water partition coefficient (Wildman–Crippen LogP) is -2.92. The number of primary amides is 1. The standard InChI is InChI=1S/C19H25N5O8/c20-9-15(26)22-12(7-14(21)25)18(30)23-11(6-10-4-2-1-3-5-10)17(29)24-13(19(31)32)8-16(27)28/h1-5,11-13H,6-9,20H2,(H2,21,25)(H,22,26)(H,23,30)(H,24,29)(H,27,28)(H,31,32). The summed E-state index contributed by atoms with van der Waals surface area (Å²) in [4.78, 5) is 70.4. The van der Waals surface area contributed by atoms with Crippen LogP contribution in [-0.2, 0) is 35.2 Å². The molecule has 1 rings (SSSR count). The summed E-state index contributed by atoms with van der Waals surface area (Å²) in [7, 11) is 0. The molecule has 3 atom stereocenters. The van der Waals surface area contributed by atoms with Crippen LogP contribution in [0.5, 0.6) is 0 Å². The van der Waals surface area contributed by atoms with Crippen molar-refractivity contribution in [3.05, 3.63) is 35.9 Å². The quantitative estimate of drug-likeness (QED) is 0.162. The molecule has 0 aliphatic carbocycles. The van der Waals surface area contributed by atoms with Crippen LogP contribution in [0.4, 0.5) is 0 Å². The van der Waals surface area contributed by atoms with Crippen LogP contribution in [-0.4, -0.2) is 70.5 Å². The molecule has 0 fully saturated rings. The van der Waals surface area contributed by atoms with E-state index in [1.54, 1.807) is 30.3 Å². The molecule has 0 saturated heterocycles. The monoisotopic (exact) mass is 451 g/mol. The zero-order valence-electron chi connectivity index (χ0n) is 16.9. The summed E-state index contributed by atoms with van der Waals surface area (Å²) < 4.78 is 0. The molecule has 4 amide bonds. The van der Waals surface area contributed by atoms with Crippen LogP contribution in [0.3, 0.4) is 0 Å². The van der Waals surface area contributed by atoms with Gasteiger partial charge in [-0.1, -0.05) is 30.3 Å². The highest BCUT2D eigenvalue weighted by molar-refractivity contribution is 5.96. The number of carbonyl (C=O) groups is 6. The molecule has 0 aromatic heterocycles. The van der Waals surface area contributed by atoms with Crippen LogP contribution in [0.15, 0.2) is 30.3 Å². The molecule has 3 unspecified atom stereocenters. The molecule has 9 N–H and O–H groups in total. The summed E-state index contributed by atoms with van der Waals surface area (Å²) in [5, 5.41) is 24.6. The molecule has 1 aromatic rings. The van der Waals surface area contributed by atoms with Crippen molar-refractivity contribution in [1.82, 2.24) is 16.0 Å². The number of hydrogen-bond donors (Lipinski definition) is 7. The number of aliphatic carboxylic acids is 2. The van der Waals surface area contributed by atoms with Crippen molar-refractivity contribution in [1.29, 1.82) is 0 Å². The van der Waals surface area contributed by atoms with E-state index in [0.29, 0.717) is 5.56 Å². The predicted molar refractivity (Wildman–Crippen MR) is 109 cm³/mol. The van der Waals surface area contributed by atoms with Crippen LogP contribution in [0.1, 0.15) is 18.4 Å². The van der Waals surface area contributed by atoms with Gasteiger partial charge in [-0.3, -0.25) is 24.0 Å². The lowest BCUT2D eigenvalue weighted by Crippen LogP contribution is -2.57. The Morgan fingerprint density at radius 3 is 1.88 bits per heavy atom. The van der Waals surface area contributed by atoms with Gasteiger partial charge in [0.2, 0.25) is 23.6 Å². The summed E-state index contributed by atoms with van der Waals surface area (Å²) in [6.45, 7) is -0.466. The Hall–Kier alpha value is -4.00. The second kappa shape index (κ2) is 12.6. The molecule has 1 aromatic carbocycles. The normalized spacial score (nSPS) is 13.2. The lowest BCUT2D eigenvalue weighted by atomic mass is 10.0. The van der Waals surface area contributed by atoms with Gasteiger partial charge in [-0.2, -0.15) is 0 Å². The van der Waals surface area contributed by atoms with Crippen molar-refractivity contribution >= 4 is 35.6 Å². The molecule has 0 saturated carbocycles. The summed E-state index contributed by atoms with van der Waals surface area (Å²) in [5.74, 6) is -6.59. The first-order valence-corrected chi connectivity index (χ1v) is 9.40. The number of nitrogens with two attached hydrogens (primary N) is 2. The van der Waals surface area contributed by atoms with E-state index in [1.807, 2.05) is 0 Å². The molecular formula is C19H25N5O8. The summed E-state index contributed by atoms with van der Waals surface area (Å²) in [6, 6.07) is 3.84. The van der Waals surface area contributed by atoms with E-state index in [4.69, 9.17) is 21.7 Å². The third-order valence-corrected chi connectivity index (χ3v) is 4.15. The maximum absolute atomic E-state index is 12.7. The van der Waals surface area contributed by atoms with E-state index in [2.05, 4.69) is 16.0 Å². The first-order chi connectivity index (χ1) is 15.0. The molecule has 0 aliphatic rings. The highest BCUT2D eigenvalue weighted by Crippen LogP contribution is 2.06. The van der Waals surface area contributed by atoms with Gasteiger partial charge in [-0.05, 0) is 5.56 Å². The van der Waals surface area contributed by atoms with E-state index >= 15 is 0 Å². The minimum atomic E-state index is -1.74. The van der Waals surface area contributed by atoms with Crippen molar-refractivity contribution in [2.45, 2.75) is 37.4 Å². The Morgan fingerprint density at radius 2 is 1.38 bits per heavy atom. The zero-order chi connectivity index (χ0) is 24.3. The molecule has 13 heteroatoms. The zero-order valence-corrected chi connectivity index (χ0v) is 16.9. The van der Waals surface area contributed by atoms with Gasteiger partial charge in [0.15, 0.2) is 0 Å². The van der Waals surface area contributed by atoms with Gasteiger partial charge in [-0.15, -0.1) is 0 Å². The van der Waals surface area contributed by atoms with Crippen molar-refractivity contribution < 1.29 is 39.0 Å². The third-order valence-electron chi connectivity index (χ3n) is 4.15. The number of carbonyl (C=O) groups excluding carboxylic acids is 4. The average molecular weight is 451 g/mol. The number of amides is 4. The number of rotatable bonds is 13. The lowest BCUT2D eigenvalue weighted by molar-refractivity contribution is -0.147. The van der Waals surface area contributed by atoms with Crippen LogP contribution < -0.4 is 27.4 Å². The molecule has 0 radical (unpaired) electrons. The molecule has 32 heavy (non-hydrogen) atoms. The van der Waals surface area contributed by atoms with Crippen molar-refractivity contribution in [2.75, 3.05) is 6.54 Å². The fourth-order valence-electron chi connectivity index (χ4n) is 2.64. The first kappa shape index (κ1) is 26.0. The Labute approximate surface area is 182 Å². The maximum atomic E-state index is 12.7. The van der Waals surface area contributed by atoms with Crippen LogP contribution in [0, 0.1) is 0 Å². The SMILES string of the molecule is NCC(=O)NC(CC(N)=O)C(=O)NC(Cc1ccccc1)C(=O)NC(CC(=O)O)C(=O)O. The highest BCUT2D eigenvalue weighted by atomic mass is 16.4. The lowest BCUT2D eigenvalue weighted by Gasteiger charge is -2.24. The number of carboxylic acids is 2. The smallest absolute Gasteiger partial charge is 0.326 e. The Bertz CT molecular complexity index is 861. The second-order valence-electron chi connectivity index (χ2n) is 6.74. The van der Waals surface area contributed by atoms with E-state index in [1.165, 1.54) is 0 Å². The van der Waals surface area contributed by atoms with Crippen LogP contribution in [0.2, 0.25) is 0 Å². The number of benzene rings is 1. The number of nitrogens with one attached hydrogen (secondary N) is 3. The molecular weight excluding hydrogens is 426 g/mol. The van der Waals surface area contributed by atoms with Gasteiger partial charge in [0.1, 0.15) is 18.1 Å². The highest BCUT2D eigenvalue weighted by Gasteiger charge is 2.31. The maximum Gasteiger partial charge on any atom is 0.326 e. The Balaban J connectivity index is 3.10. The fourth-order valence-corrected chi connectivity index (χ4v) is 2.64. The molecule has 0 heterocycles. The molecule has 0 spiro atoms. The minimum Gasteiger partial charge on any atom is -0.481 e. The van der Waals surface area contributed by atoms with Crippen molar-refractivity contribution in [3.63, 3.8) is 0 Å². The number of carboxylic acid groups (broad SMARTS) is 2. The molecule has 13 nitrogen and oxygen atoms in total. The number of hydrogen-bond acceptors (Lipinski definition) is 7. The second-order valence-corrected chi connectivity index (χ2v) is 6.74. The largest absolute Gasteiger partial charge is 0.481 e. The molecule has 0 aliphatic heterocycles. The Morgan fingerprint density at radius 1 is 0.812 bits per heavy atom. The van der Waals surface area contributed by atoms with Crippen LogP contribution in [0.25, 0.3) is 0 Å². The minimum absolute atomic E-state index is 0.0913. The third kappa shape index (κ3) is 9.21. The molecule has 174 valence electrons. The first-order valence-electron chi connectivity index (χ1n) is 9.40. The van der Waals surface area contributed by atoms with Gasteiger partial charge in [0, 0.05) is 6.42 Å². The average Bonchev–Trinajstić information content (AvgIpc) is 2.72. The van der Waals surface area contributed by atoms with E-state index in [0.717, 1.165) is 0 Å². The topological polar surface area (TPSA) is 231 Å². The van der Waals surface area contributed by atoms with Crippen molar-refractivity contribution in [2.24, 2.45) is 11.5 Å². The summed E-state index contributed by atoms with van der Waals surface area (Å²) in [6.07, 6.45) is -1.55. The Kier molecular flexibility index (Phi) is 10.3. The summed E-state index contributed by atoms with van der Waals surface area (Å²) >= 11 is 0. The van der Waals surface area contributed by atoms with Gasteiger partial charge in [0.25, 0.3) is 0 Å². The molecule has 0 bridgehead atoms. The van der Waals surface area contributed by atoms with E-state index < -0.39 is 73.1 Å². The van der Waals surface area contributed by atoms with Crippen molar-refractivity contribution in [3.8, 4) is 0 Å². The van der Waals surface area contributed by atoms with Crippen LogP contribution >= 0.6 is 0 Å². The van der Waals surface area contributed by atoms with Gasteiger partial charge < -0.3 is 37.6 Å². The fraction of sp³-hybridized carbons (Fsp3) is 0.368. The van der Waals surface area contributed by atoms with E-state index in [-0.39, 0.29) is 6.42 Å². The van der Waals surface area contributed by atoms with Gasteiger partial charge in [0.05, 0.1) is 19.4 Å². The van der Waals surface area contributed by atoms with E-state index in [9.17, 15) is 28.8 Å². The summed E-state index contributed by atoms with van der Waals surface area (Å²) in [5.41, 5.74) is 10.9. The van der Waals surface area contributed by atoms with Gasteiger partial charge in [-0.25, -0.2) is 4.79 Å². The van der Waals surface area contributed by atoms with Gasteiger partial charge >= 0.3 is 11.9 Å².